The average molecular weight is 222 g/mol. The van der Waals surface area contributed by atoms with E-state index in [9.17, 15) is 5.26 Å². The van der Waals surface area contributed by atoms with Gasteiger partial charge in [-0.3, -0.25) is 5.32 Å². The Kier molecular flexibility index (Phi) is 3.83. The van der Waals surface area contributed by atoms with E-state index in [2.05, 4.69) is 11.4 Å². The number of hydrogen-bond acceptors (Lipinski definition) is 3. The van der Waals surface area contributed by atoms with Crippen LogP contribution in [-0.4, -0.2) is 23.8 Å². The van der Waals surface area contributed by atoms with Crippen molar-refractivity contribution in [2.75, 3.05) is 13.2 Å². The summed E-state index contributed by atoms with van der Waals surface area (Å²) in [6.45, 7) is 0.974. The van der Waals surface area contributed by atoms with Crippen LogP contribution in [0.5, 0.6) is 0 Å². The van der Waals surface area contributed by atoms with Crippen LogP contribution >= 0.6 is 0 Å². The van der Waals surface area contributed by atoms with E-state index in [1.165, 1.54) is 25.7 Å². The Morgan fingerprint density at radius 2 is 2.12 bits per heavy atom. The summed E-state index contributed by atoms with van der Waals surface area (Å²) < 4.78 is 0. The van der Waals surface area contributed by atoms with Crippen molar-refractivity contribution < 1.29 is 5.11 Å². The van der Waals surface area contributed by atoms with Gasteiger partial charge in [-0.2, -0.15) is 5.26 Å². The fraction of sp³-hybridized carbons (Fsp3) is 0.923. The summed E-state index contributed by atoms with van der Waals surface area (Å²) in [5.41, 5.74) is -0.291. The van der Waals surface area contributed by atoms with Gasteiger partial charge in [-0.1, -0.05) is 6.42 Å². The summed E-state index contributed by atoms with van der Waals surface area (Å²) in [6, 6.07) is 2.50. The van der Waals surface area contributed by atoms with Crippen LogP contribution in [0.3, 0.4) is 0 Å². The molecule has 2 saturated carbocycles. The van der Waals surface area contributed by atoms with Crippen molar-refractivity contribution in [3.63, 3.8) is 0 Å². The van der Waals surface area contributed by atoms with Gasteiger partial charge >= 0.3 is 0 Å². The number of nitrogens with zero attached hydrogens (tertiary/aromatic N) is 1. The number of aliphatic hydroxyl groups is 1. The molecule has 3 heteroatoms. The van der Waals surface area contributed by atoms with Crippen molar-refractivity contribution in [2.24, 2.45) is 11.8 Å². The van der Waals surface area contributed by atoms with Gasteiger partial charge < -0.3 is 5.11 Å². The molecule has 2 rings (SSSR count). The van der Waals surface area contributed by atoms with E-state index in [0.29, 0.717) is 0 Å². The molecule has 2 aliphatic carbocycles. The van der Waals surface area contributed by atoms with Crippen LogP contribution in [-0.2, 0) is 0 Å². The smallest absolute Gasteiger partial charge is 0.107 e. The van der Waals surface area contributed by atoms with Crippen LogP contribution in [0.25, 0.3) is 0 Å². The van der Waals surface area contributed by atoms with Crippen molar-refractivity contribution in [3.8, 4) is 6.07 Å². The molecule has 2 aliphatic rings. The summed E-state index contributed by atoms with van der Waals surface area (Å²) in [5, 5.41) is 21.5. The van der Waals surface area contributed by atoms with Gasteiger partial charge in [-0.05, 0) is 56.9 Å². The third-order valence-electron chi connectivity index (χ3n) is 4.09. The summed E-state index contributed by atoms with van der Waals surface area (Å²) in [4.78, 5) is 0. The zero-order chi connectivity index (χ0) is 11.4. The molecule has 0 saturated heterocycles. The predicted molar refractivity (Wildman–Crippen MR) is 62.7 cm³/mol. The molecule has 0 heterocycles. The molecule has 2 N–H and O–H groups in total. The first-order chi connectivity index (χ1) is 7.79. The molecule has 2 unspecified atom stereocenters. The van der Waals surface area contributed by atoms with E-state index in [4.69, 9.17) is 5.11 Å². The molecule has 0 aromatic rings. The minimum atomic E-state index is -0.291. The molecule has 2 fully saturated rings. The van der Waals surface area contributed by atoms with E-state index in [0.717, 1.165) is 37.6 Å². The zero-order valence-corrected chi connectivity index (χ0v) is 9.91. The van der Waals surface area contributed by atoms with Crippen LogP contribution < -0.4 is 5.32 Å². The van der Waals surface area contributed by atoms with Crippen molar-refractivity contribution in [1.82, 2.24) is 5.32 Å². The third-order valence-corrected chi connectivity index (χ3v) is 4.09. The van der Waals surface area contributed by atoms with Crippen molar-refractivity contribution in [2.45, 2.75) is 50.5 Å². The minimum Gasteiger partial charge on any atom is -0.396 e. The Morgan fingerprint density at radius 1 is 1.31 bits per heavy atom. The van der Waals surface area contributed by atoms with E-state index < -0.39 is 0 Å². The highest BCUT2D eigenvalue weighted by Crippen LogP contribution is 2.46. The van der Waals surface area contributed by atoms with E-state index in [-0.39, 0.29) is 12.1 Å². The maximum Gasteiger partial charge on any atom is 0.107 e. The number of hydrogen-bond donors (Lipinski definition) is 2. The Morgan fingerprint density at radius 3 is 2.75 bits per heavy atom. The third kappa shape index (κ3) is 2.75. The standard InChI is InChI=1S/C13H22N2O/c14-10-13(15-7-2-8-16)6-1-3-12(9-13)11-4-5-11/h11-12,15-16H,1-9H2. The number of aliphatic hydroxyl groups excluding tert-OH is 1. The highest BCUT2D eigenvalue weighted by molar-refractivity contribution is 5.10. The molecule has 0 spiro atoms. The van der Waals surface area contributed by atoms with Gasteiger partial charge in [0.1, 0.15) is 5.54 Å². The summed E-state index contributed by atoms with van der Waals surface area (Å²) in [6.07, 6.45) is 8.01. The second-order valence-electron chi connectivity index (χ2n) is 5.39. The second kappa shape index (κ2) is 5.16. The normalized spacial score (nSPS) is 34.6. The SMILES string of the molecule is N#CC1(NCCCO)CCCC(C2CC2)C1. The van der Waals surface area contributed by atoms with E-state index >= 15 is 0 Å². The molecule has 0 radical (unpaired) electrons. The van der Waals surface area contributed by atoms with E-state index in [1.54, 1.807) is 0 Å². The summed E-state index contributed by atoms with van der Waals surface area (Å²) in [5.74, 6) is 1.68. The Hall–Kier alpha value is -0.590. The quantitative estimate of drug-likeness (QED) is 0.698. The minimum absolute atomic E-state index is 0.209. The maximum absolute atomic E-state index is 9.39. The molecule has 16 heavy (non-hydrogen) atoms. The van der Waals surface area contributed by atoms with Gasteiger partial charge in [0.25, 0.3) is 0 Å². The molecule has 2 atom stereocenters. The molecule has 0 aromatic heterocycles. The topological polar surface area (TPSA) is 56.0 Å². The maximum atomic E-state index is 9.39. The zero-order valence-electron chi connectivity index (χ0n) is 9.91. The molecule has 0 aromatic carbocycles. The van der Waals surface area contributed by atoms with Crippen LogP contribution in [0.1, 0.15) is 44.9 Å². The van der Waals surface area contributed by atoms with Crippen molar-refractivity contribution in [1.29, 1.82) is 5.26 Å². The largest absolute Gasteiger partial charge is 0.396 e. The Labute approximate surface area is 97.8 Å². The van der Waals surface area contributed by atoms with Crippen LogP contribution in [0.2, 0.25) is 0 Å². The summed E-state index contributed by atoms with van der Waals surface area (Å²) >= 11 is 0. The first-order valence-corrected chi connectivity index (χ1v) is 6.57. The van der Waals surface area contributed by atoms with Gasteiger partial charge in [-0.25, -0.2) is 0 Å². The van der Waals surface area contributed by atoms with Crippen molar-refractivity contribution in [3.05, 3.63) is 0 Å². The van der Waals surface area contributed by atoms with Crippen LogP contribution in [0.4, 0.5) is 0 Å². The molecular formula is C13H22N2O. The van der Waals surface area contributed by atoms with Gasteiger partial charge in [-0.15, -0.1) is 0 Å². The second-order valence-corrected chi connectivity index (χ2v) is 5.39. The number of rotatable bonds is 5. The Bertz CT molecular complexity index is 270. The number of nitriles is 1. The fourth-order valence-electron chi connectivity index (χ4n) is 3.00. The lowest BCUT2D eigenvalue weighted by molar-refractivity contribution is 0.204. The van der Waals surface area contributed by atoms with Gasteiger partial charge in [0.15, 0.2) is 0 Å². The van der Waals surface area contributed by atoms with Gasteiger partial charge in [0, 0.05) is 6.61 Å². The highest BCUT2D eigenvalue weighted by atomic mass is 16.3. The lowest BCUT2D eigenvalue weighted by Gasteiger charge is -2.36. The first-order valence-electron chi connectivity index (χ1n) is 6.57. The average Bonchev–Trinajstić information content (AvgIpc) is 3.14. The first kappa shape index (κ1) is 11.9. The van der Waals surface area contributed by atoms with Crippen LogP contribution in [0, 0.1) is 23.2 Å². The Balaban J connectivity index is 1.88. The lowest BCUT2D eigenvalue weighted by atomic mass is 9.74. The van der Waals surface area contributed by atoms with Gasteiger partial charge in [0.2, 0.25) is 0 Å². The van der Waals surface area contributed by atoms with E-state index in [1.807, 2.05) is 0 Å². The molecule has 0 aliphatic heterocycles. The molecule has 90 valence electrons. The molecule has 3 nitrogen and oxygen atoms in total. The predicted octanol–water partition coefficient (Wildman–Crippen LogP) is 1.82. The molecular weight excluding hydrogens is 200 g/mol. The van der Waals surface area contributed by atoms with Gasteiger partial charge in [0.05, 0.1) is 6.07 Å². The fourth-order valence-corrected chi connectivity index (χ4v) is 3.00. The summed E-state index contributed by atoms with van der Waals surface area (Å²) in [7, 11) is 0. The lowest BCUT2D eigenvalue weighted by Crippen LogP contribution is -2.48. The van der Waals surface area contributed by atoms with Crippen LogP contribution in [0.15, 0.2) is 0 Å². The monoisotopic (exact) mass is 222 g/mol. The van der Waals surface area contributed by atoms with Crippen molar-refractivity contribution >= 4 is 0 Å². The molecule has 0 bridgehead atoms. The molecule has 0 amide bonds. The number of nitrogens with one attached hydrogen (secondary N) is 1. The highest BCUT2D eigenvalue weighted by Gasteiger charge is 2.41.